The zero-order valence-electron chi connectivity index (χ0n) is 24.7. The normalized spacial score (nSPS) is 23.4. The number of rotatable bonds is 14. The number of carbonyl (C=O) groups is 1. The first-order valence-electron chi connectivity index (χ1n) is 16.3. The van der Waals surface area contributed by atoms with Gasteiger partial charge in [-0.1, -0.05) is 78.1 Å². The molecule has 4 heteroatoms. The van der Waals surface area contributed by atoms with Gasteiger partial charge in [0.25, 0.3) is 0 Å². The molecule has 0 N–H and O–H groups in total. The number of carbonyl (C=O) groups excluding carboxylic acids is 1. The summed E-state index contributed by atoms with van der Waals surface area (Å²) < 4.78 is 5.72. The third-order valence-corrected chi connectivity index (χ3v) is 9.41. The van der Waals surface area contributed by atoms with E-state index >= 15 is 0 Å². The third kappa shape index (κ3) is 9.43. The quantitative estimate of drug-likeness (QED) is 0.138. The van der Waals surface area contributed by atoms with E-state index in [1.807, 2.05) is 36.7 Å². The summed E-state index contributed by atoms with van der Waals surface area (Å²) in [6.07, 6.45) is 27.3. The Hall–Kier alpha value is -2.23. The third-order valence-electron chi connectivity index (χ3n) is 9.41. The summed E-state index contributed by atoms with van der Waals surface area (Å²) in [4.78, 5) is 22.1. The van der Waals surface area contributed by atoms with Crippen molar-refractivity contribution in [3.8, 4) is 17.1 Å². The van der Waals surface area contributed by atoms with Crippen LogP contribution in [0.1, 0.15) is 141 Å². The second-order valence-corrected chi connectivity index (χ2v) is 12.4. The summed E-state index contributed by atoms with van der Waals surface area (Å²) in [6.45, 7) is 4.53. The van der Waals surface area contributed by atoms with Gasteiger partial charge < -0.3 is 4.74 Å². The molecule has 39 heavy (non-hydrogen) atoms. The molecule has 1 heterocycles. The van der Waals surface area contributed by atoms with E-state index in [0.29, 0.717) is 11.7 Å². The number of hydrogen-bond acceptors (Lipinski definition) is 4. The molecule has 2 fully saturated rings. The predicted octanol–water partition coefficient (Wildman–Crippen LogP) is 10.1. The molecular weight excluding hydrogens is 480 g/mol. The van der Waals surface area contributed by atoms with E-state index in [0.717, 1.165) is 48.9 Å². The number of nitrogens with zero attached hydrogens (tertiary/aromatic N) is 2. The first-order chi connectivity index (χ1) is 19.2. The van der Waals surface area contributed by atoms with Crippen molar-refractivity contribution >= 4 is 5.97 Å². The molecule has 0 saturated heterocycles. The standard InChI is InChI=1S/C35H52N2O2/c1-3-5-6-7-8-9-10-12-28-13-17-29(18-14-28)32-25-36-34(37-26-32)30-21-23-33(24-22-30)39-35(38)31-19-15-27(11-4-2)16-20-31/h21-29,31H,3-20H2,1-2H3. The fourth-order valence-corrected chi connectivity index (χ4v) is 6.84. The fourth-order valence-electron chi connectivity index (χ4n) is 6.84. The Labute approximate surface area is 237 Å². The number of benzene rings is 1. The summed E-state index contributed by atoms with van der Waals surface area (Å²) in [6, 6.07) is 7.68. The van der Waals surface area contributed by atoms with Crippen LogP contribution in [0.4, 0.5) is 0 Å². The van der Waals surface area contributed by atoms with Gasteiger partial charge in [0.05, 0.1) is 5.92 Å². The molecule has 0 unspecified atom stereocenters. The lowest BCUT2D eigenvalue weighted by Crippen LogP contribution is -2.25. The van der Waals surface area contributed by atoms with Gasteiger partial charge in [-0.15, -0.1) is 0 Å². The van der Waals surface area contributed by atoms with Crippen LogP contribution in [0.15, 0.2) is 36.7 Å². The highest BCUT2D eigenvalue weighted by Crippen LogP contribution is 2.38. The van der Waals surface area contributed by atoms with Crippen molar-refractivity contribution in [2.45, 2.75) is 135 Å². The minimum atomic E-state index is -0.0737. The zero-order valence-corrected chi connectivity index (χ0v) is 24.7. The van der Waals surface area contributed by atoms with Crippen LogP contribution in [0.5, 0.6) is 5.75 Å². The number of unbranched alkanes of at least 4 members (excludes halogenated alkanes) is 6. The maximum absolute atomic E-state index is 12.7. The maximum Gasteiger partial charge on any atom is 0.314 e. The van der Waals surface area contributed by atoms with E-state index in [9.17, 15) is 4.79 Å². The van der Waals surface area contributed by atoms with Gasteiger partial charge in [-0.05, 0) is 98.9 Å². The Balaban J connectivity index is 1.18. The molecule has 4 rings (SSSR count). The topological polar surface area (TPSA) is 52.1 Å². The van der Waals surface area contributed by atoms with Crippen LogP contribution in [0.2, 0.25) is 0 Å². The van der Waals surface area contributed by atoms with Crippen LogP contribution in [0, 0.1) is 17.8 Å². The van der Waals surface area contributed by atoms with Crippen molar-refractivity contribution in [3.63, 3.8) is 0 Å². The minimum absolute atomic E-state index is 0.0454. The average molecular weight is 533 g/mol. The Morgan fingerprint density at radius 3 is 1.95 bits per heavy atom. The van der Waals surface area contributed by atoms with Crippen LogP contribution in [0.25, 0.3) is 11.4 Å². The van der Waals surface area contributed by atoms with Gasteiger partial charge in [0.15, 0.2) is 5.82 Å². The molecule has 2 aliphatic rings. The number of hydrogen-bond donors (Lipinski definition) is 0. The molecule has 0 atom stereocenters. The largest absolute Gasteiger partial charge is 0.426 e. The second kappa shape index (κ2) is 16.1. The second-order valence-electron chi connectivity index (χ2n) is 12.4. The van der Waals surface area contributed by atoms with E-state index in [-0.39, 0.29) is 11.9 Å². The highest BCUT2D eigenvalue weighted by atomic mass is 16.5. The molecule has 2 saturated carbocycles. The van der Waals surface area contributed by atoms with E-state index in [1.165, 1.54) is 95.5 Å². The number of ether oxygens (including phenoxy) is 1. The van der Waals surface area contributed by atoms with Crippen LogP contribution in [-0.2, 0) is 4.79 Å². The lowest BCUT2D eigenvalue weighted by atomic mass is 9.77. The first kappa shape index (κ1) is 29.7. The number of aromatic nitrogens is 2. The van der Waals surface area contributed by atoms with E-state index in [4.69, 9.17) is 14.7 Å². The van der Waals surface area contributed by atoms with E-state index in [2.05, 4.69) is 13.8 Å². The molecule has 0 spiro atoms. The molecule has 0 bridgehead atoms. The number of esters is 1. The molecule has 1 aromatic heterocycles. The van der Waals surface area contributed by atoms with Crippen molar-refractivity contribution in [2.75, 3.05) is 0 Å². The summed E-state index contributed by atoms with van der Waals surface area (Å²) in [5.74, 6) is 3.63. The minimum Gasteiger partial charge on any atom is -0.426 e. The Morgan fingerprint density at radius 2 is 1.31 bits per heavy atom. The Morgan fingerprint density at radius 1 is 0.718 bits per heavy atom. The summed E-state index contributed by atoms with van der Waals surface area (Å²) in [7, 11) is 0. The molecule has 0 amide bonds. The van der Waals surface area contributed by atoms with Crippen molar-refractivity contribution in [1.29, 1.82) is 0 Å². The van der Waals surface area contributed by atoms with Crippen LogP contribution < -0.4 is 4.74 Å². The van der Waals surface area contributed by atoms with E-state index < -0.39 is 0 Å². The van der Waals surface area contributed by atoms with Crippen LogP contribution in [-0.4, -0.2) is 15.9 Å². The average Bonchev–Trinajstić information content (AvgIpc) is 2.98. The van der Waals surface area contributed by atoms with Crippen LogP contribution in [0.3, 0.4) is 0 Å². The van der Waals surface area contributed by atoms with Gasteiger partial charge in [-0.3, -0.25) is 4.79 Å². The molecule has 2 aliphatic carbocycles. The molecule has 0 radical (unpaired) electrons. The molecule has 1 aromatic carbocycles. The Kier molecular flexibility index (Phi) is 12.3. The van der Waals surface area contributed by atoms with E-state index in [1.54, 1.807) is 0 Å². The SMILES string of the molecule is CCCCCCCCCC1CCC(c2cnc(-c3ccc(OC(=O)C4CCC(CCC)CC4)cc3)nc2)CC1. The van der Waals surface area contributed by atoms with Gasteiger partial charge >= 0.3 is 5.97 Å². The van der Waals surface area contributed by atoms with Gasteiger partial charge in [-0.2, -0.15) is 0 Å². The lowest BCUT2D eigenvalue weighted by molar-refractivity contribution is -0.140. The maximum atomic E-state index is 12.7. The summed E-state index contributed by atoms with van der Waals surface area (Å²) in [5, 5.41) is 0. The molecule has 214 valence electrons. The molecule has 0 aliphatic heterocycles. The summed E-state index contributed by atoms with van der Waals surface area (Å²) in [5.41, 5.74) is 2.24. The van der Waals surface area contributed by atoms with Gasteiger partial charge in [-0.25, -0.2) is 9.97 Å². The van der Waals surface area contributed by atoms with Crippen molar-refractivity contribution < 1.29 is 9.53 Å². The predicted molar refractivity (Wildman–Crippen MR) is 161 cm³/mol. The zero-order chi connectivity index (χ0) is 27.3. The monoisotopic (exact) mass is 532 g/mol. The fraction of sp³-hybridized carbons (Fsp3) is 0.686. The van der Waals surface area contributed by atoms with Crippen molar-refractivity contribution in [2.24, 2.45) is 17.8 Å². The molecule has 2 aromatic rings. The molecular formula is C35H52N2O2. The van der Waals surface area contributed by atoms with Crippen LogP contribution >= 0.6 is 0 Å². The highest BCUT2D eigenvalue weighted by molar-refractivity contribution is 5.75. The lowest BCUT2D eigenvalue weighted by Gasteiger charge is -2.28. The van der Waals surface area contributed by atoms with Crippen molar-refractivity contribution in [3.05, 3.63) is 42.2 Å². The first-order valence-corrected chi connectivity index (χ1v) is 16.3. The summed E-state index contributed by atoms with van der Waals surface area (Å²) >= 11 is 0. The van der Waals surface area contributed by atoms with Gasteiger partial charge in [0.2, 0.25) is 0 Å². The van der Waals surface area contributed by atoms with Gasteiger partial charge in [0, 0.05) is 18.0 Å². The van der Waals surface area contributed by atoms with Crippen molar-refractivity contribution in [1.82, 2.24) is 9.97 Å². The Bertz CT molecular complexity index is 955. The highest BCUT2D eigenvalue weighted by Gasteiger charge is 2.27. The van der Waals surface area contributed by atoms with Gasteiger partial charge in [0.1, 0.15) is 5.75 Å². The molecule has 4 nitrogen and oxygen atoms in total. The smallest absolute Gasteiger partial charge is 0.314 e.